The molecule has 0 saturated carbocycles. The van der Waals surface area contributed by atoms with Crippen LogP contribution in [0.5, 0.6) is 0 Å². The van der Waals surface area contributed by atoms with Gasteiger partial charge in [-0.15, -0.1) is 6.58 Å². The first-order chi connectivity index (χ1) is 5.43. The largest absolute Gasteiger partial charge is 0.453 e. The third-order valence-corrected chi connectivity index (χ3v) is 1.52. The van der Waals surface area contributed by atoms with Crippen molar-refractivity contribution >= 4 is 6.09 Å². The van der Waals surface area contributed by atoms with Gasteiger partial charge in [0.05, 0.1) is 7.11 Å². The second kappa shape index (κ2) is 4.14. The van der Waals surface area contributed by atoms with Gasteiger partial charge in [0.1, 0.15) is 0 Å². The van der Waals surface area contributed by atoms with Crippen LogP contribution in [0.3, 0.4) is 0 Å². The highest BCUT2D eigenvalue weighted by Crippen LogP contribution is 2.13. The topological polar surface area (TPSA) is 29.5 Å². The Hall–Kier alpha value is -0.990. The zero-order valence-electron chi connectivity index (χ0n) is 8.26. The van der Waals surface area contributed by atoms with Crippen LogP contribution >= 0.6 is 0 Å². The van der Waals surface area contributed by atoms with Crippen LogP contribution in [0.25, 0.3) is 0 Å². The Morgan fingerprint density at radius 1 is 1.58 bits per heavy atom. The minimum Gasteiger partial charge on any atom is -0.453 e. The summed E-state index contributed by atoms with van der Waals surface area (Å²) in [6, 6.07) is 0. The molecule has 0 aliphatic rings. The van der Waals surface area contributed by atoms with Gasteiger partial charge in [-0.3, -0.25) is 4.90 Å². The van der Waals surface area contributed by atoms with Crippen molar-refractivity contribution in [3.8, 4) is 0 Å². The molecule has 0 N–H and O–H groups in total. The molecule has 0 aromatic carbocycles. The van der Waals surface area contributed by atoms with E-state index >= 15 is 0 Å². The number of rotatable bonds is 2. The van der Waals surface area contributed by atoms with Gasteiger partial charge in [0.2, 0.25) is 0 Å². The lowest BCUT2D eigenvalue weighted by atomic mass is 10.1. The highest BCUT2D eigenvalue weighted by Gasteiger charge is 2.25. The summed E-state index contributed by atoms with van der Waals surface area (Å²) in [5.41, 5.74) is -0.221. The summed E-state index contributed by atoms with van der Waals surface area (Å²) in [5.74, 6) is 0. The van der Waals surface area contributed by atoms with E-state index < -0.39 is 0 Å². The maximum absolute atomic E-state index is 11.2. The van der Waals surface area contributed by atoms with Crippen molar-refractivity contribution in [2.75, 3.05) is 13.7 Å². The van der Waals surface area contributed by atoms with E-state index in [0.29, 0.717) is 6.54 Å². The lowest BCUT2D eigenvalue weighted by molar-refractivity contribution is 0.0908. The molecule has 0 aliphatic carbocycles. The molecule has 0 heterocycles. The van der Waals surface area contributed by atoms with Gasteiger partial charge >= 0.3 is 6.09 Å². The molecule has 0 spiro atoms. The fourth-order valence-corrected chi connectivity index (χ4v) is 0.862. The summed E-state index contributed by atoms with van der Waals surface area (Å²) in [6.45, 7) is 9.95. The quantitative estimate of drug-likeness (QED) is 0.595. The third kappa shape index (κ3) is 2.95. The Labute approximate surface area is 74.0 Å². The zero-order valence-corrected chi connectivity index (χ0v) is 8.26. The molecule has 0 aromatic heterocycles. The molecular weight excluding hydrogens is 154 g/mol. The van der Waals surface area contributed by atoms with Gasteiger partial charge < -0.3 is 4.74 Å². The Kier molecular flexibility index (Phi) is 3.80. The van der Waals surface area contributed by atoms with Crippen LogP contribution in [-0.4, -0.2) is 30.2 Å². The Morgan fingerprint density at radius 3 is 2.33 bits per heavy atom. The molecule has 0 atom stereocenters. The summed E-state index contributed by atoms with van der Waals surface area (Å²) >= 11 is 0. The van der Waals surface area contributed by atoms with Crippen LogP contribution in [-0.2, 0) is 4.74 Å². The molecule has 12 heavy (non-hydrogen) atoms. The molecule has 70 valence electrons. The van der Waals surface area contributed by atoms with Crippen LogP contribution in [0, 0.1) is 0 Å². The van der Waals surface area contributed by atoms with E-state index in [2.05, 4.69) is 11.3 Å². The van der Waals surface area contributed by atoms with Crippen LogP contribution in [0.4, 0.5) is 4.79 Å². The first kappa shape index (κ1) is 11.0. The predicted molar refractivity (Wildman–Crippen MR) is 49.1 cm³/mol. The van der Waals surface area contributed by atoms with Crippen molar-refractivity contribution in [3.63, 3.8) is 0 Å². The van der Waals surface area contributed by atoms with Gasteiger partial charge in [-0.25, -0.2) is 4.79 Å². The van der Waals surface area contributed by atoms with Crippen molar-refractivity contribution < 1.29 is 9.53 Å². The van der Waals surface area contributed by atoms with E-state index in [9.17, 15) is 4.79 Å². The van der Waals surface area contributed by atoms with Gasteiger partial charge in [0.15, 0.2) is 0 Å². The fourth-order valence-electron chi connectivity index (χ4n) is 0.862. The minimum atomic E-state index is -0.317. The summed E-state index contributed by atoms with van der Waals surface area (Å²) in [6.07, 6.45) is 1.37. The normalized spacial score (nSPS) is 10.7. The van der Waals surface area contributed by atoms with E-state index in [1.807, 2.05) is 20.8 Å². The molecule has 3 heteroatoms. The maximum Gasteiger partial charge on any atom is 0.410 e. The van der Waals surface area contributed by atoms with Gasteiger partial charge in [-0.1, -0.05) is 6.08 Å². The lowest BCUT2D eigenvalue weighted by Gasteiger charge is -2.33. The molecule has 0 fully saturated rings. The molecule has 3 nitrogen and oxygen atoms in total. The summed E-state index contributed by atoms with van der Waals surface area (Å²) in [7, 11) is 1.38. The van der Waals surface area contributed by atoms with E-state index in [-0.39, 0.29) is 11.6 Å². The molecule has 0 unspecified atom stereocenters. The molecule has 0 radical (unpaired) electrons. The van der Waals surface area contributed by atoms with E-state index in [4.69, 9.17) is 0 Å². The van der Waals surface area contributed by atoms with Crippen molar-refractivity contribution in [2.24, 2.45) is 0 Å². The second-order valence-electron chi connectivity index (χ2n) is 3.54. The lowest BCUT2D eigenvalue weighted by Crippen LogP contribution is -2.45. The molecule has 0 aliphatic heterocycles. The number of hydrogen-bond acceptors (Lipinski definition) is 2. The first-order valence-corrected chi connectivity index (χ1v) is 3.90. The SMILES string of the molecule is C=CCN(C(=O)OC)C(C)(C)C. The highest BCUT2D eigenvalue weighted by molar-refractivity contribution is 5.68. The van der Waals surface area contributed by atoms with Crippen LogP contribution in [0.1, 0.15) is 20.8 Å². The summed E-state index contributed by atoms with van der Waals surface area (Å²) in [4.78, 5) is 12.8. The third-order valence-electron chi connectivity index (χ3n) is 1.52. The number of methoxy groups -OCH3 is 1. The number of carbonyl (C=O) groups is 1. The van der Waals surface area contributed by atoms with Crippen molar-refractivity contribution in [1.29, 1.82) is 0 Å². The fraction of sp³-hybridized carbons (Fsp3) is 0.667. The summed E-state index contributed by atoms with van der Waals surface area (Å²) in [5, 5.41) is 0. The van der Waals surface area contributed by atoms with Gasteiger partial charge in [0.25, 0.3) is 0 Å². The highest BCUT2D eigenvalue weighted by atomic mass is 16.5. The van der Waals surface area contributed by atoms with Crippen LogP contribution < -0.4 is 0 Å². The standard InChI is InChI=1S/C9H17NO2/c1-6-7-10(8(11)12-5)9(2,3)4/h6H,1,7H2,2-5H3. The van der Waals surface area contributed by atoms with Gasteiger partial charge in [-0.2, -0.15) is 0 Å². The number of ether oxygens (including phenoxy) is 1. The molecule has 1 amide bonds. The Balaban J connectivity index is 4.43. The molecule has 0 saturated heterocycles. The molecule has 0 bridgehead atoms. The number of hydrogen-bond donors (Lipinski definition) is 0. The Bertz CT molecular complexity index is 170. The van der Waals surface area contributed by atoms with Gasteiger partial charge in [0, 0.05) is 12.1 Å². The Morgan fingerprint density at radius 2 is 2.08 bits per heavy atom. The average molecular weight is 171 g/mol. The van der Waals surface area contributed by atoms with E-state index in [1.54, 1.807) is 11.0 Å². The minimum absolute atomic E-state index is 0.221. The van der Waals surface area contributed by atoms with Crippen molar-refractivity contribution in [3.05, 3.63) is 12.7 Å². The number of amides is 1. The molecule has 0 rings (SSSR count). The van der Waals surface area contributed by atoms with Crippen LogP contribution in [0.2, 0.25) is 0 Å². The average Bonchev–Trinajstić information content (AvgIpc) is 1.96. The smallest absolute Gasteiger partial charge is 0.410 e. The van der Waals surface area contributed by atoms with Crippen LogP contribution in [0.15, 0.2) is 12.7 Å². The van der Waals surface area contributed by atoms with E-state index in [1.165, 1.54) is 7.11 Å². The second-order valence-corrected chi connectivity index (χ2v) is 3.54. The van der Waals surface area contributed by atoms with Crippen molar-refractivity contribution in [1.82, 2.24) is 4.90 Å². The molecule has 0 aromatic rings. The monoisotopic (exact) mass is 171 g/mol. The zero-order chi connectivity index (χ0) is 9.78. The summed E-state index contributed by atoms with van der Waals surface area (Å²) < 4.78 is 4.63. The predicted octanol–water partition coefficient (Wildman–Crippen LogP) is 2.04. The molecular formula is C9H17NO2. The maximum atomic E-state index is 11.2. The number of nitrogens with zero attached hydrogens (tertiary/aromatic N) is 1. The van der Waals surface area contributed by atoms with Crippen molar-refractivity contribution in [2.45, 2.75) is 26.3 Å². The van der Waals surface area contributed by atoms with Gasteiger partial charge in [-0.05, 0) is 20.8 Å². The first-order valence-electron chi connectivity index (χ1n) is 3.90. The number of carbonyl (C=O) groups excluding carboxylic acids is 1. The van der Waals surface area contributed by atoms with E-state index in [0.717, 1.165) is 0 Å².